The van der Waals surface area contributed by atoms with Crippen molar-refractivity contribution in [2.24, 2.45) is 0 Å². The summed E-state index contributed by atoms with van der Waals surface area (Å²) in [5.74, 6) is 1.48. The van der Waals surface area contributed by atoms with Crippen LogP contribution >= 0.6 is 0 Å². The third-order valence-corrected chi connectivity index (χ3v) is 3.58. The van der Waals surface area contributed by atoms with E-state index in [1.54, 1.807) is 0 Å². The van der Waals surface area contributed by atoms with E-state index in [1.165, 1.54) is 25.9 Å². The lowest BCUT2D eigenvalue weighted by atomic mass is 9.97. The van der Waals surface area contributed by atoms with Crippen molar-refractivity contribution in [3.63, 3.8) is 0 Å². The number of oxazole rings is 1. The molecule has 0 atom stereocenters. The van der Waals surface area contributed by atoms with E-state index in [-0.39, 0.29) is 0 Å². The maximum atomic E-state index is 5.61. The van der Waals surface area contributed by atoms with Crippen LogP contribution in [0.2, 0.25) is 0 Å². The monoisotopic (exact) mass is 237 g/mol. The molecule has 2 heterocycles. The lowest BCUT2D eigenvalue weighted by Gasteiger charge is -2.29. The number of piperidine rings is 1. The summed E-state index contributed by atoms with van der Waals surface area (Å²) in [5, 5.41) is 3.13. The molecule has 0 spiro atoms. The minimum absolute atomic E-state index is 0.529. The van der Waals surface area contributed by atoms with E-state index in [0.717, 1.165) is 31.1 Å². The zero-order chi connectivity index (χ0) is 12.1. The van der Waals surface area contributed by atoms with Crippen LogP contribution in [0.1, 0.15) is 37.3 Å². The number of aromatic nitrogens is 1. The SMILES string of the molecule is CCN1CCC(c2nc(CCNC)co2)CC1. The van der Waals surface area contributed by atoms with E-state index >= 15 is 0 Å². The Morgan fingerprint density at radius 1 is 1.47 bits per heavy atom. The zero-order valence-electron chi connectivity index (χ0n) is 10.9. The van der Waals surface area contributed by atoms with Gasteiger partial charge in [0, 0.05) is 18.9 Å². The number of likely N-dealkylation sites (N-methyl/N-ethyl adjacent to an activating group) is 1. The zero-order valence-corrected chi connectivity index (χ0v) is 10.9. The molecule has 2 rings (SSSR count). The standard InChI is InChI=1S/C13H23N3O/c1-3-16-8-5-11(6-9-16)13-15-12(10-17-13)4-7-14-2/h10-11,14H,3-9H2,1-2H3. The summed E-state index contributed by atoms with van der Waals surface area (Å²) in [6.45, 7) is 6.69. The maximum absolute atomic E-state index is 5.61. The van der Waals surface area contributed by atoms with Crippen molar-refractivity contribution in [1.82, 2.24) is 15.2 Å². The lowest BCUT2D eigenvalue weighted by Crippen LogP contribution is -2.32. The molecule has 0 amide bonds. The van der Waals surface area contributed by atoms with Crippen molar-refractivity contribution in [3.05, 3.63) is 17.8 Å². The molecular weight excluding hydrogens is 214 g/mol. The van der Waals surface area contributed by atoms with E-state index in [9.17, 15) is 0 Å². The van der Waals surface area contributed by atoms with E-state index in [0.29, 0.717) is 5.92 Å². The fraction of sp³-hybridized carbons (Fsp3) is 0.769. The highest BCUT2D eigenvalue weighted by molar-refractivity contribution is 5.02. The molecule has 1 N–H and O–H groups in total. The van der Waals surface area contributed by atoms with Gasteiger partial charge in [-0.1, -0.05) is 6.92 Å². The second kappa shape index (κ2) is 6.17. The summed E-state index contributed by atoms with van der Waals surface area (Å²) in [6, 6.07) is 0. The van der Waals surface area contributed by atoms with Crippen LogP contribution in [0.4, 0.5) is 0 Å². The van der Waals surface area contributed by atoms with Gasteiger partial charge >= 0.3 is 0 Å². The first-order valence-electron chi connectivity index (χ1n) is 6.64. The molecule has 0 saturated carbocycles. The highest BCUT2D eigenvalue weighted by atomic mass is 16.3. The summed E-state index contributed by atoms with van der Waals surface area (Å²) >= 11 is 0. The van der Waals surface area contributed by atoms with Crippen molar-refractivity contribution in [2.75, 3.05) is 33.2 Å². The van der Waals surface area contributed by atoms with Gasteiger partial charge in [-0.25, -0.2) is 4.98 Å². The van der Waals surface area contributed by atoms with Crippen LogP contribution in [-0.2, 0) is 6.42 Å². The van der Waals surface area contributed by atoms with Crippen LogP contribution in [-0.4, -0.2) is 43.1 Å². The van der Waals surface area contributed by atoms with Gasteiger partial charge in [-0.15, -0.1) is 0 Å². The minimum Gasteiger partial charge on any atom is -0.448 e. The van der Waals surface area contributed by atoms with Gasteiger partial charge in [0.15, 0.2) is 5.89 Å². The average molecular weight is 237 g/mol. The van der Waals surface area contributed by atoms with Crippen molar-refractivity contribution in [1.29, 1.82) is 0 Å². The predicted octanol–water partition coefficient (Wildman–Crippen LogP) is 1.64. The normalized spacial score (nSPS) is 18.7. The molecule has 1 aliphatic rings. The number of nitrogens with one attached hydrogen (secondary N) is 1. The summed E-state index contributed by atoms with van der Waals surface area (Å²) < 4.78 is 5.61. The molecule has 1 aromatic heterocycles. The van der Waals surface area contributed by atoms with E-state index in [2.05, 4.69) is 22.1 Å². The molecule has 0 aromatic carbocycles. The number of hydrogen-bond acceptors (Lipinski definition) is 4. The van der Waals surface area contributed by atoms with Crippen molar-refractivity contribution in [3.8, 4) is 0 Å². The molecule has 0 unspecified atom stereocenters. The first kappa shape index (κ1) is 12.6. The van der Waals surface area contributed by atoms with Crippen molar-refractivity contribution in [2.45, 2.75) is 32.1 Å². The molecule has 0 radical (unpaired) electrons. The second-order valence-corrected chi connectivity index (χ2v) is 4.74. The summed E-state index contributed by atoms with van der Waals surface area (Å²) in [6.07, 6.45) is 5.13. The molecule has 0 bridgehead atoms. The lowest BCUT2D eigenvalue weighted by molar-refractivity contribution is 0.208. The van der Waals surface area contributed by atoms with Crippen LogP contribution in [0.15, 0.2) is 10.7 Å². The van der Waals surface area contributed by atoms with Gasteiger partial charge in [0.25, 0.3) is 0 Å². The highest BCUT2D eigenvalue weighted by Gasteiger charge is 2.23. The van der Waals surface area contributed by atoms with Gasteiger partial charge in [0.05, 0.1) is 5.69 Å². The summed E-state index contributed by atoms with van der Waals surface area (Å²) in [4.78, 5) is 7.08. The summed E-state index contributed by atoms with van der Waals surface area (Å²) in [5.41, 5.74) is 1.08. The van der Waals surface area contributed by atoms with Crippen molar-refractivity contribution < 1.29 is 4.42 Å². The fourth-order valence-electron chi connectivity index (χ4n) is 2.37. The minimum atomic E-state index is 0.529. The number of hydrogen-bond donors (Lipinski definition) is 1. The fourth-order valence-corrected chi connectivity index (χ4v) is 2.37. The van der Waals surface area contributed by atoms with Gasteiger partial charge in [0.1, 0.15) is 6.26 Å². The Labute approximate surface area is 103 Å². The molecule has 4 nitrogen and oxygen atoms in total. The smallest absolute Gasteiger partial charge is 0.197 e. The third kappa shape index (κ3) is 3.30. The van der Waals surface area contributed by atoms with E-state index in [4.69, 9.17) is 4.42 Å². The molecule has 1 fully saturated rings. The quantitative estimate of drug-likeness (QED) is 0.845. The predicted molar refractivity (Wildman–Crippen MR) is 68.2 cm³/mol. The Morgan fingerprint density at radius 2 is 2.24 bits per heavy atom. The number of rotatable bonds is 5. The Balaban J connectivity index is 1.87. The van der Waals surface area contributed by atoms with Crippen LogP contribution in [0, 0.1) is 0 Å². The molecule has 17 heavy (non-hydrogen) atoms. The first-order valence-corrected chi connectivity index (χ1v) is 6.64. The topological polar surface area (TPSA) is 41.3 Å². The van der Waals surface area contributed by atoms with Crippen molar-refractivity contribution >= 4 is 0 Å². The summed E-state index contributed by atoms with van der Waals surface area (Å²) in [7, 11) is 1.96. The number of likely N-dealkylation sites (tertiary alicyclic amines) is 1. The molecule has 0 aliphatic carbocycles. The van der Waals surface area contributed by atoms with Crippen LogP contribution < -0.4 is 5.32 Å². The van der Waals surface area contributed by atoms with Gasteiger partial charge < -0.3 is 14.6 Å². The highest BCUT2D eigenvalue weighted by Crippen LogP contribution is 2.27. The van der Waals surface area contributed by atoms with Gasteiger partial charge in [0.2, 0.25) is 0 Å². The van der Waals surface area contributed by atoms with Gasteiger partial charge in [-0.3, -0.25) is 0 Å². The third-order valence-electron chi connectivity index (χ3n) is 3.58. The van der Waals surface area contributed by atoms with E-state index < -0.39 is 0 Å². The molecule has 1 saturated heterocycles. The van der Waals surface area contributed by atoms with Gasteiger partial charge in [-0.2, -0.15) is 0 Å². The molecule has 1 aliphatic heterocycles. The maximum Gasteiger partial charge on any atom is 0.197 e. The average Bonchev–Trinajstić information content (AvgIpc) is 2.85. The Kier molecular flexibility index (Phi) is 4.57. The largest absolute Gasteiger partial charge is 0.448 e. The Hall–Kier alpha value is -0.870. The number of nitrogens with zero attached hydrogens (tertiary/aromatic N) is 2. The van der Waals surface area contributed by atoms with Crippen LogP contribution in [0.25, 0.3) is 0 Å². The first-order chi connectivity index (χ1) is 8.33. The Morgan fingerprint density at radius 3 is 2.88 bits per heavy atom. The second-order valence-electron chi connectivity index (χ2n) is 4.74. The van der Waals surface area contributed by atoms with Crippen LogP contribution in [0.3, 0.4) is 0 Å². The molecular formula is C13H23N3O. The van der Waals surface area contributed by atoms with Gasteiger partial charge in [-0.05, 0) is 39.5 Å². The molecule has 96 valence electrons. The molecule has 4 heteroatoms. The molecule has 1 aromatic rings. The van der Waals surface area contributed by atoms with E-state index in [1.807, 2.05) is 13.3 Å². The Bertz CT molecular complexity index is 329. The van der Waals surface area contributed by atoms with Crippen LogP contribution in [0.5, 0.6) is 0 Å².